The molecule has 8 nitrogen and oxygen atoms in total. The average Bonchev–Trinajstić information content (AvgIpc) is 3.19. The summed E-state index contributed by atoms with van der Waals surface area (Å²) in [5.74, 6) is 0.0733. The average molecular weight is 395 g/mol. The SMILES string of the molecule is COc1ccc(C(=O)NCC(=O)NN=C(C)c2coc3ccccc23)cc1OC. The number of rotatable bonds is 7. The second kappa shape index (κ2) is 8.92. The van der Waals surface area contributed by atoms with Gasteiger partial charge in [0, 0.05) is 16.5 Å². The molecule has 2 amide bonds. The van der Waals surface area contributed by atoms with Crippen molar-refractivity contribution in [3.05, 3.63) is 59.9 Å². The molecule has 0 bridgehead atoms. The van der Waals surface area contributed by atoms with Gasteiger partial charge in [0.1, 0.15) is 11.8 Å². The number of para-hydroxylation sites is 1. The lowest BCUT2D eigenvalue weighted by molar-refractivity contribution is -0.120. The maximum absolute atomic E-state index is 12.3. The Kier molecular flexibility index (Phi) is 6.13. The fourth-order valence-electron chi connectivity index (χ4n) is 2.74. The van der Waals surface area contributed by atoms with Crippen LogP contribution in [0.3, 0.4) is 0 Å². The van der Waals surface area contributed by atoms with Gasteiger partial charge in [-0.25, -0.2) is 5.43 Å². The highest BCUT2D eigenvalue weighted by atomic mass is 16.5. The molecular formula is C21H21N3O5. The fourth-order valence-corrected chi connectivity index (χ4v) is 2.74. The number of hydrazone groups is 1. The van der Waals surface area contributed by atoms with Crippen molar-refractivity contribution in [3.63, 3.8) is 0 Å². The third-order valence-corrected chi connectivity index (χ3v) is 4.27. The molecule has 3 aromatic rings. The Hall–Kier alpha value is -3.81. The minimum Gasteiger partial charge on any atom is -0.493 e. The first-order valence-electron chi connectivity index (χ1n) is 8.83. The molecule has 2 N–H and O–H groups in total. The van der Waals surface area contributed by atoms with E-state index >= 15 is 0 Å². The molecule has 1 heterocycles. The normalized spacial score (nSPS) is 11.2. The van der Waals surface area contributed by atoms with Crippen LogP contribution in [0.1, 0.15) is 22.8 Å². The number of furan rings is 1. The molecule has 0 aliphatic rings. The summed E-state index contributed by atoms with van der Waals surface area (Å²) in [6.07, 6.45) is 1.59. The van der Waals surface area contributed by atoms with Gasteiger partial charge in [-0.1, -0.05) is 18.2 Å². The highest BCUT2D eigenvalue weighted by Gasteiger charge is 2.12. The molecule has 3 rings (SSSR count). The predicted molar refractivity (Wildman–Crippen MR) is 108 cm³/mol. The first-order valence-corrected chi connectivity index (χ1v) is 8.83. The van der Waals surface area contributed by atoms with Crippen LogP contribution in [0, 0.1) is 0 Å². The molecule has 0 aliphatic heterocycles. The molecule has 29 heavy (non-hydrogen) atoms. The van der Waals surface area contributed by atoms with Crippen LogP contribution in [0.2, 0.25) is 0 Å². The number of amides is 2. The monoisotopic (exact) mass is 395 g/mol. The highest BCUT2D eigenvalue weighted by molar-refractivity contribution is 6.09. The van der Waals surface area contributed by atoms with E-state index < -0.39 is 11.8 Å². The van der Waals surface area contributed by atoms with Gasteiger partial charge in [-0.3, -0.25) is 9.59 Å². The maximum atomic E-state index is 12.3. The Balaban J connectivity index is 1.58. The zero-order valence-electron chi connectivity index (χ0n) is 16.3. The van der Waals surface area contributed by atoms with Gasteiger partial charge >= 0.3 is 0 Å². The summed E-state index contributed by atoms with van der Waals surface area (Å²) in [6.45, 7) is 1.54. The number of hydrogen-bond donors (Lipinski definition) is 2. The highest BCUT2D eigenvalue weighted by Crippen LogP contribution is 2.27. The van der Waals surface area contributed by atoms with Crippen LogP contribution in [-0.4, -0.2) is 38.3 Å². The van der Waals surface area contributed by atoms with E-state index in [-0.39, 0.29) is 6.54 Å². The molecular weight excluding hydrogens is 374 g/mol. The van der Waals surface area contributed by atoms with E-state index in [9.17, 15) is 9.59 Å². The molecule has 0 spiro atoms. The van der Waals surface area contributed by atoms with E-state index in [0.29, 0.717) is 22.8 Å². The smallest absolute Gasteiger partial charge is 0.259 e. The van der Waals surface area contributed by atoms with E-state index in [4.69, 9.17) is 13.9 Å². The summed E-state index contributed by atoms with van der Waals surface area (Å²) < 4.78 is 15.8. The molecule has 150 valence electrons. The van der Waals surface area contributed by atoms with Crippen molar-refractivity contribution in [2.24, 2.45) is 5.10 Å². The van der Waals surface area contributed by atoms with Crippen molar-refractivity contribution >= 4 is 28.5 Å². The summed E-state index contributed by atoms with van der Waals surface area (Å²) in [7, 11) is 2.99. The minimum absolute atomic E-state index is 0.226. The standard InChI is InChI=1S/C21H21N3O5/c1-13(16-12-29-17-7-5-4-6-15(16)17)23-24-20(25)11-22-21(26)14-8-9-18(27-2)19(10-14)28-3/h4-10,12H,11H2,1-3H3,(H,22,26)(H,24,25). The van der Waals surface area contributed by atoms with Gasteiger partial charge < -0.3 is 19.2 Å². The van der Waals surface area contributed by atoms with Gasteiger partial charge in [0.2, 0.25) is 0 Å². The second-order valence-electron chi connectivity index (χ2n) is 6.13. The van der Waals surface area contributed by atoms with E-state index in [1.807, 2.05) is 24.3 Å². The van der Waals surface area contributed by atoms with Crippen molar-refractivity contribution in [2.45, 2.75) is 6.92 Å². The van der Waals surface area contributed by atoms with E-state index in [0.717, 1.165) is 16.5 Å². The van der Waals surface area contributed by atoms with Crippen LogP contribution >= 0.6 is 0 Å². The van der Waals surface area contributed by atoms with E-state index in [1.165, 1.54) is 14.2 Å². The summed E-state index contributed by atoms with van der Waals surface area (Å²) >= 11 is 0. The Morgan fingerprint density at radius 1 is 1.07 bits per heavy atom. The Bertz CT molecular complexity index is 1070. The number of ether oxygens (including phenoxy) is 2. The Morgan fingerprint density at radius 3 is 2.59 bits per heavy atom. The molecule has 8 heteroatoms. The molecule has 0 radical (unpaired) electrons. The first-order chi connectivity index (χ1) is 14.0. The van der Waals surface area contributed by atoms with Gasteiger partial charge in [0.25, 0.3) is 11.8 Å². The van der Waals surface area contributed by atoms with Crippen LogP contribution in [0.5, 0.6) is 11.5 Å². The van der Waals surface area contributed by atoms with Gasteiger partial charge in [0.15, 0.2) is 11.5 Å². The van der Waals surface area contributed by atoms with Gasteiger partial charge in [-0.2, -0.15) is 5.10 Å². The van der Waals surface area contributed by atoms with E-state index in [2.05, 4.69) is 15.8 Å². The molecule has 2 aromatic carbocycles. The number of carbonyl (C=O) groups is 2. The molecule has 0 aliphatic carbocycles. The summed E-state index contributed by atoms with van der Waals surface area (Å²) in [5, 5.41) is 7.53. The first kappa shape index (κ1) is 19.9. The van der Waals surface area contributed by atoms with Crippen LogP contribution in [0.15, 0.2) is 58.2 Å². The number of nitrogens with one attached hydrogen (secondary N) is 2. The lowest BCUT2D eigenvalue weighted by atomic mass is 10.1. The Morgan fingerprint density at radius 2 is 1.83 bits per heavy atom. The van der Waals surface area contributed by atoms with Crippen molar-refractivity contribution in [2.75, 3.05) is 20.8 Å². The van der Waals surface area contributed by atoms with Gasteiger partial charge in [-0.15, -0.1) is 0 Å². The van der Waals surface area contributed by atoms with Gasteiger partial charge in [0.05, 0.1) is 26.5 Å². The summed E-state index contributed by atoms with van der Waals surface area (Å²) in [5.41, 5.74) is 4.90. The molecule has 0 unspecified atom stereocenters. The number of nitrogens with zero attached hydrogens (tertiary/aromatic N) is 1. The lowest BCUT2D eigenvalue weighted by Crippen LogP contribution is -2.35. The Labute approximate surface area is 167 Å². The molecule has 0 saturated heterocycles. The molecule has 0 atom stereocenters. The number of methoxy groups -OCH3 is 2. The van der Waals surface area contributed by atoms with E-state index in [1.54, 1.807) is 31.4 Å². The van der Waals surface area contributed by atoms with Crippen LogP contribution in [0.25, 0.3) is 11.0 Å². The number of benzene rings is 2. The zero-order valence-corrected chi connectivity index (χ0v) is 16.3. The minimum atomic E-state index is -0.453. The fraction of sp³-hybridized carbons (Fsp3) is 0.190. The van der Waals surface area contributed by atoms with Crippen molar-refractivity contribution in [1.29, 1.82) is 0 Å². The molecule has 0 fully saturated rings. The maximum Gasteiger partial charge on any atom is 0.259 e. The van der Waals surface area contributed by atoms with Crippen LogP contribution < -0.4 is 20.2 Å². The van der Waals surface area contributed by atoms with Crippen molar-refractivity contribution in [3.8, 4) is 11.5 Å². The summed E-state index contributed by atoms with van der Waals surface area (Å²) in [6, 6.07) is 12.3. The molecule has 0 saturated carbocycles. The van der Waals surface area contributed by atoms with Crippen LogP contribution in [0.4, 0.5) is 0 Å². The number of fused-ring (bicyclic) bond motifs is 1. The van der Waals surface area contributed by atoms with Crippen molar-refractivity contribution < 1.29 is 23.5 Å². The van der Waals surface area contributed by atoms with Crippen LogP contribution in [-0.2, 0) is 4.79 Å². The number of carbonyl (C=O) groups excluding carboxylic acids is 2. The lowest BCUT2D eigenvalue weighted by Gasteiger charge is -2.09. The van der Waals surface area contributed by atoms with Gasteiger partial charge in [-0.05, 0) is 31.2 Å². The predicted octanol–water partition coefficient (Wildman–Crippen LogP) is 2.72. The third kappa shape index (κ3) is 4.55. The summed E-state index contributed by atoms with van der Waals surface area (Å²) in [4.78, 5) is 24.3. The molecule has 1 aromatic heterocycles. The third-order valence-electron chi connectivity index (χ3n) is 4.27. The second-order valence-corrected chi connectivity index (χ2v) is 6.13. The van der Waals surface area contributed by atoms with Crippen molar-refractivity contribution in [1.82, 2.24) is 10.7 Å². The largest absolute Gasteiger partial charge is 0.493 e. The number of hydrogen-bond acceptors (Lipinski definition) is 6. The topological polar surface area (TPSA) is 102 Å². The zero-order chi connectivity index (χ0) is 20.8. The quantitative estimate of drug-likeness (QED) is 0.473.